The minimum Gasteiger partial charge on any atom is -0.534 e. The van der Waals surface area contributed by atoms with Crippen LogP contribution in [0.5, 0.6) is 5.75 Å². The number of rotatable bonds is 8. The Hall–Kier alpha value is -3.69. The van der Waals surface area contributed by atoms with E-state index in [-0.39, 0.29) is 46.2 Å². The lowest BCUT2D eigenvalue weighted by molar-refractivity contribution is -0.126. The number of aromatic nitrogens is 1. The summed E-state index contributed by atoms with van der Waals surface area (Å²) in [7, 11) is -1.51. The Balaban J connectivity index is 1.44. The Kier molecular flexibility index (Phi) is 8.02. The number of carboxylic acids is 1. The number of nitrogens with one attached hydrogen (secondary N) is 3. The van der Waals surface area contributed by atoms with Crippen molar-refractivity contribution in [2.45, 2.75) is 31.2 Å². The number of hydrogen-bond donors (Lipinski definition) is 6. The molecule has 0 spiro atoms. The highest BCUT2D eigenvalue weighted by molar-refractivity contribution is 7.13. The maximum atomic E-state index is 13.1. The fraction of sp³-hybridized carbons (Fsp3) is 0.381. The van der Waals surface area contributed by atoms with E-state index in [4.69, 9.17) is 15.2 Å². The van der Waals surface area contributed by atoms with Gasteiger partial charge in [0.25, 0.3) is 11.8 Å². The Labute approximate surface area is 210 Å². The van der Waals surface area contributed by atoms with Gasteiger partial charge in [-0.2, -0.15) is 0 Å². The van der Waals surface area contributed by atoms with Crippen LogP contribution in [-0.2, 0) is 20.8 Å². The number of carbonyl (C=O) groups is 3. The van der Waals surface area contributed by atoms with Gasteiger partial charge in [-0.3, -0.25) is 9.59 Å². The van der Waals surface area contributed by atoms with Crippen LogP contribution in [0.15, 0.2) is 28.7 Å². The second kappa shape index (κ2) is 11.4. The summed E-state index contributed by atoms with van der Waals surface area (Å²) in [5.41, 5.74) is 6.01. The van der Waals surface area contributed by atoms with Crippen LogP contribution in [0, 0.1) is 0 Å². The quantitative estimate of drug-likeness (QED) is 0.146. The Bertz CT molecular complexity index is 1170. The number of hydrogen-bond acceptors (Lipinski definition) is 11. The molecular weight excluding hydrogens is 491 g/mol. The zero-order valence-corrected chi connectivity index (χ0v) is 19.9. The maximum Gasteiger partial charge on any atom is 0.547 e. The lowest BCUT2D eigenvalue weighted by Gasteiger charge is -2.28. The number of piperidine rings is 1. The van der Waals surface area contributed by atoms with Crippen LogP contribution in [0.3, 0.4) is 0 Å². The fourth-order valence-corrected chi connectivity index (χ4v) is 4.49. The normalized spacial score (nSPS) is 18.1. The zero-order chi connectivity index (χ0) is 25.7. The SMILES string of the molecule is Nc1nc(/C(=N/OCC(=O)NC2CCNCC2)C(=O)NC2Cc3cccc(C(=O)O)c3OB2O)cs1. The van der Waals surface area contributed by atoms with Crippen LogP contribution < -0.4 is 26.3 Å². The van der Waals surface area contributed by atoms with E-state index in [0.717, 1.165) is 37.3 Å². The number of carbonyl (C=O) groups excluding carboxylic acids is 2. The number of benzene rings is 1. The summed E-state index contributed by atoms with van der Waals surface area (Å²) in [6, 6.07) is 4.61. The summed E-state index contributed by atoms with van der Waals surface area (Å²) < 4.78 is 5.41. The van der Waals surface area contributed by atoms with Crippen molar-refractivity contribution in [1.82, 2.24) is 20.9 Å². The molecule has 190 valence electrons. The number of nitrogens with zero attached hydrogens (tertiary/aromatic N) is 2. The molecule has 13 nitrogen and oxygen atoms in total. The lowest BCUT2D eigenvalue weighted by atomic mass is 9.72. The Morgan fingerprint density at radius 1 is 1.31 bits per heavy atom. The number of oxime groups is 1. The van der Waals surface area contributed by atoms with Crippen molar-refractivity contribution in [2.75, 3.05) is 25.4 Å². The monoisotopic (exact) mass is 516 g/mol. The molecule has 2 amide bonds. The van der Waals surface area contributed by atoms with Gasteiger partial charge in [0, 0.05) is 11.4 Å². The van der Waals surface area contributed by atoms with Gasteiger partial charge in [-0.05, 0) is 44.0 Å². The van der Waals surface area contributed by atoms with E-state index in [1.54, 1.807) is 12.1 Å². The van der Waals surface area contributed by atoms with Crippen LogP contribution in [0.4, 0.5) is 5.13 Å². The molecule has 4 rings (SSSR count). The minimum atomic E-state index is -1.51. The smallest absolute Gasteiger partial charge is 0.534 e. The minimum absolute atomic E-state index is 0.0461. The topological polar surface area (TPSA) is 197 Å². The Morgan fingerprint density at radius 2 is 2.08 bits per heavy atom. The van der Waals surface area contributed by atoms with Gasteiger partial charge < -0.3 is 41.3 Å². The molecule has 2 aliphatic heterocycles. The van der Waals surface area contributed by atoms with E-state index in [0.29, 0.717) is 5.56 Å². The van der Waals surface area contributed by atoms with Crippen molar-refractivity contribution in [1.29, 1.82) is 0 Å². The number of fused-ring (bicyclic) bond motifs is 1. The van der Waals surface area contributed by atoms with Gasteiger partial charge in [0.05, 0.1) is 11.5 Å². The van der Waals surface area contributed by atoms with Gasteiger partial charge in [0.15, 0.2) is 17.5 Å². The first-order valence-corrected chi connectivity index (χ1v) is 12.1. The molecule has 1 aromatic heterocycles. The second-order valence-corrected chi connectivity index (χ2v) is 9.16. The molecule has 0 aliphatic carbocycles. The Morgan fingerprint density at radius 3 is 2.78 bits per heavy atom. The van der Waals surface area contributed by atoms with Crippen molar-refractivity contribution in [3.63, 3.8) is 0 Å². The van der Waals surface area contributed by atoms with E-state index >= 15 is 0 Å². The van der Waals surface area contributed by atoms with Crippen LogP contribution in [0.2, 0.25) is 0 Å². The summed E-state index contributed by atoms with van der Waals surface area (Å²) >= 11 is 1.09. The van der Waals surface area contributed by atoms with Crippen molar-refractivity contribution < 1.29 is 34.0 Å². The number of aromatic carboxylic acids is 1. The highest BCUT2D eigenvalue weighted by Gasteiger charge is 2.38. The molecule has 0 bridgehead atoms. The highest BCUT2D eigenvalue weighted by atomic mass is 32.1. The average Bonchev–Trinajstić information content (AvgIpc) is 3.28. The molecule has 36 heavy (non-hydrogen) atoms. The summed E-state index contributed by atoms with van der Waals surface area (Å²) in [5, 5.41) is 34.0. The third-order valence-corrected chi connectivity index (χ3v) is 6.38. The first-order chi connectivity index (χ1) is 17.3. The number of nitrogen functional groups attached to an aromatic ring is 1. The predicted molar refractivity (Wildman–Crippen MR) is 131 cm³/mol. The van der Waals surface area contributed by atoms with Gasteiger partial charge >= 0.3 is 13.1 Å². The molecule has 2 aromatic rings. The molecule has 3 heterocycles. The molecule has 1 aromatic carbocycles. The van der Waals surface area contributed by atoms with E-state index < -0.39 is 31.5 Å². The largest absolute Gasteiger partial charge is 0.547 e. The van der Waals surface area contributed by atoms with Crippen molar-refractivity contribution in [3.05, 3.63) is 40.4 Å². The first-order valence-electron chi connectivity index (χ1n) is 11.2. The lowest BCUT2D eigenvalue weighted by Crippen LogP contribution is -2.54. The molecular formula is C21H25BN6O7S. The highest BCUT2D eigenvalue weighted by Crippen LogP contribution is 2.30. The number of amides is 2. The molecule has 0 radical (unpaired) electrons. The van der Waals surface area contributed by atoms with Crippen molar-refractivity contribution in [3.8, 4) is 5.75 Å². The molecule has 15 heteroatoms. The third-order valence-electron chi connectivity index (χ3n) is 5.70. The second-order valence-electron chi connectivity index (χ2n) is 8.27. The summed E-state index contributed by atoms with van der Waals surface area (Å²) in [6.07, 6.45) is 1.72. The van der Waals surface area contributed by atoms with Crippen LogP contribution in [0.1, 0.15) is 34.5 Å². The standard InChI is InChI=1S/C21H25BN6O7S/c23-21-26-14(10-36-21)17(28-34-9-16(29)25-12-4-6-24-7-5-12)19(30)27-15-8-11-2-1-3-13(20(31)32)18(11)35-22(15)33/h1-3,10,12,15,24,33H,4-9H2,(H2,23,26)(H,25,29)(H,27,30)(H,31,32)/b28-17-. The van der Waals surface area contributed by atoms with E-state index in [1.165, 1.54) is 11.4 Å². The van der Waals surface area contributed by atoms with Gasteiger partial charge in [0.2, 0.25) is 0 Å². The van der Waals surface area contributed by atoms with Gasteiger partial charge in [-0.15, -0.1) is 11.3 Å². The van der Waals surface area contributed by atoms with Crippen LogP contribution in [0.25, 0.3) is 0 Å². The summed E-state index contributed by atoms with van der Waals surface area (Å²) in [6.45, 7) is 1.23. The predicted octanol–water partition coefficient (Wildman–Crippen LogP) is -0.848. The third kappa shape index (κ3) is 6.11. The average molecular weight is 516 g/mol. The number of anilines is 1. The summed E-state index contributed by atoms with van der Waals surface area (Å²) in [4.78, 5) is 45.9. The van der Waals surface area contributed by atoms with Crippen LogP contribution in [-0.4, -0.2) is 77.4 Å². The number of thiazole rings is 1. The number of nitrogens with two attached hydrogens (primary N) is 1. The van der Waals surface area contributed by atoms with Crippen molar-refractivity contribution in [2.24, 2.45) is 5.16 Å². The number of carboxylic acid groups (broad SMARTS) is 1. The zero-order valence-electron chi connectivity index (χ0n) is 19.1. The van der Waals surface area contributed by atoms with Gasteiger partial charge in [-0.25, -0.2) is 9.78 Å². The van der Waals surface area contributed by atoms with Crippen LogP contribution >= 0.6 is 11.3 Å². The fourth-order valence-electron chi connectivity index (χ4n) is 3.94. The van der Waals surface area contributed by atoms with E-state index in [2.05, 4.69) is 26.1 Å². The molecule has 7 N–H and O–H groups in total. The summed E-state index contributed by atoms with van der Waals surface area (Å²) in [5.74, 6) is -3.18. The molecule has 1 atom stereocenters. The van der Waals surface area contributed by atoms with Gasteiger partial charge in [-0.1, -0.05) is 17.3 Å². The molecule has 0 saturated carbocycles. The van der Waals surface area contributed by atoms with Crippen molar-refractivity contribution >= 4 is 47.1 Å². The molecule has 2 aliphatic rings. The molecule has 1 fully saturated rings. The molecule has 1 unspecified atom stereocenters. The molecule has 1 saturated heterocycles. The van der Waals surface area contributed by atoms with E-state index in [1.807, 2.05) is 0 Å². The maximum absolute atomic E-state index is 13.1. The van der Waals surface area contributed by atoms with E-state index in [9.17, 15) is 24.5 Å². The van der Waals surface area contributed by atoms with Gasteiger partial charge in [0.1, 0.15) is 11.4 Å². The number of para-hydroxylation sites is 1. The first kappa shape index (κ1) is 25.4.